The monoisotopic (exact) mass is 207 g/mol. The van der Waals surface area contributed by atoms with Crippen LogP contribution in [0.1, 0.15) is 19.4 Å². The van der Waals surface area contributed by atoms with E-state index in [4.69, 9.17) is 0 Å². The number of anilines is 1. The molecule has 0 saturated carbocycles. The summed E-state index contributed by atoms with van der Waals surface area (Å²) in [5.74, 6) is 0.685. The van der Waals surface area contributed by atoms with E-state index in [-0.39, 0.29) is 0 Å². The predicted octanol–water partition coefficient (Wildman–Crippen LogP) is 1.89. The molecule has 0 aliphatic heterocycles. The van der Waals surface area contributed by atoms with Gasteiger partial charge >= 0.3 is 0 Å². The Balaban J connectivity index is 2.59. The summed E-state index contributed by atoms with van der Waals surface area (Å²) in [5.41, 5.74) is 2.49. The van der Waals surface area contributed by atoms with E-state index in [0.717, 1.165) is 13.1 Å². The molecule has 0 aliphatic carbocycles. The summed E-state index contributed by atoms with van der Waals surface area (Å²) in [6.45, 7) is 6.35. The van der Waals surface area contributed by atoms with E-state index in [1.165, 1.54) is 11.3 Å². The zero-order valence-electron chi connectivity index (χ0n) is 10.1. The normalized spacial score (nSPS) is 10.7. The number of nitrogens with one attached hydrogen (secondary N) is 1. The summed E-state index contributed by atoms with van der Waals surface area (Å²) < 4.78 is 0. The highest BCUT2D eigenvalue weighted by Gasteiger charge is 2.03. The first kappa shape index (κ1) is 12.0. The zero-order valence-corrected chi connectivity index (χ0v) is 10.1. The quantitative estimate of drug-likeness (QED) is 0.799. The van der Waals surface area contributed by atoms with E-state index in [9.17, 15) is 0 Å². The Morgan fingerprint density at radius 3 is 2.73 bits per heavy atom. The fourth-order valence-electron chi connectivity index (χ4n) is 1.49. The highest BCUT2D eigenvalue weighted by Crippen LogP contribution is 2.15. The molecule has 0 bridgehead atoms. The average molecular weight is 207 g/mol. The van der Waals surface area contributed by atoms with Gasteiger partial charge < -0.3 is 10.2 Å². The molecule has 3 heteroatoms. The van der Waals surface area contributed by atoms with Gasteiger partial charge in [-0.1, -0.05) is 13.8 Å². The SMILES string of the molecule is CC(C)CNCc1cnccc1N(C)C. The number of aromatic nitrogens is 1. The van der Waals surface area contributed by atoms with E-state index >= 15 is 0 Å². The molecule has 0 saturated heterocycles. The van der Waals surface area contributed by atoms with Crippen molar-refractivity contribution in [1.29, 1.82) is 0 Å². The lowest BCUT2D eigenvalue weighted by Gasteiger charge is -2.17. The van der Waals surface area contributed by atoms with E-state index in [1.54, 1.807) is 0 Å². The van der Waals surface area contributed by atoms with Crippen molar-refractivity contribution in [1.82, 2.24) is 10.3 Å². The number of nitrogens with zero attached hydrogens (tertiary/aromatic N) is 2. The van der Waals surface area contributed by atoms with Crippen LogP contribution in [0.4, 0.5) is 5.69 Å². The van der Waals surface area contributed by atoms with Gasteiger partial charge in [0.25, 0.3) is 0 Å². The lowest BCUT2D eigenvalue weighted by Crippen LogP contribution is -2.21. The van der Waals surface area contributed by atoms with E-state index in [1.807, 2.05) is 18.5 Å². The summed E-state index contributed by atoms with van der Waals surface area (Å²) >= 11 is 0. The molecule has 0 fully saturated rings. The van der Waals surface area contributed by atoms with Crippen LogP contribution in [0.2, 0.25) is 0 Å². The first-order valence-electron chi connectivity index (χ1n) is 5.42. The molecule has 0 radical (unpaired) electrons. The van der Waals surface area contributed by atoms with Crippen LogP contribution in [0, 0.1) is 5.92 Å². The van der Waals surface area contributed by atoms with Gasteiger partial charge in [-0.15, -0.1) is 0 Å². The smallest absolute Gasteiger partial charge is 0.0437 e. The molecule has 1 aromatic heterocycles. The molecule has 0 amide bonds. The third-order valence-corrected chi connectivity index (χ3v) is 2.23. The summed E-state index contributed by atoms with van der Waals surface area (Å²) in [5, 5.41) is 3.43. The molecule has 84 valence electrons. The minimum absolute atomic E-state index is 0.685. The molecule has 0 aromatic carbocycles. The number of rotatable bonds is 5. The van der Waals surface area contributed by atoms with Gasteiger partial charge in [0.1, 0.15) is 0 Å². The Hall–Kier alpha value is -1.09. The zero-order chi connectivity index (χ0) is 11.3. The van der Waals surface area contributed by atoms with Crippen LogP contribution in [0.25, 0.3) is 0 Å². The Labute approximate surface area is 92.5 Å². The summed E-state index contributed by atoms with van der Waals surface area (Å²) in [6.07, 6.45) is 3.77. The first-order valence-corrected chi connectivity index (χ1v) is 5.42. The van der Waals surface area contributed by atoms with Gasteiger partial charge in [0, 0.05) is 44.3 Å². The Kier molecular flexibility index (Phi) is 4.56. The fraction of sp³-hybridized carbons (Fsp3) is 0.583. The van der Waals surface area contributed by atoms with E-state index < -0.39 is 0 Å². The Bertz CT molecular complexity index is 295. The maximum Gasteiger partial charge on any atom is 0.0437 e. The third kappa shape index (κ3) is 3.88. The second-order valence-electron chi connectivity index (χ2n) is 4.42. The van der Waals surface area contributed by atoms with Crippen molar-refractivity contribution in [3.63, 3.8) is 0 Å². The number of hydrogen-bond donors (Lipinski definition) is 1. The molecule has 15 heavy (non-hydrogen) atoms. The van der Waals surface area contributed by atoms with Crippen LogP contribution >= 0.6 is 0 Å². The van der Waals surface area contributed by atoms with Crippen molar-refractivity contribution in [2.45, 2.75) is 20.4 Å². The fourth-order valence-corrected chi connectivity index (χ4v) is 1.49. The van der Waals surface area contributed by atoms with Crippen molar-refractivity contribution < 1.29 is 0 Å². The molecule has 0 unspecified atom stereocenters. The van der Waals surface area contributed by atoms with Crippen LogP contribution in [0.5, 0.6) is 0 Å². The minimum Gasteiger partial charge on any atom is -0.377 e. The third-order valence-electron chi connectivity index (χ3n) is 2.23. The standard InChI is InChI=1S/C12H21N3/c1-10(2)7-14-9-11-8-13-6-5-12(11)15(3)4/h5-6,8,10,14H,7,9H2,1-4H3. The minimum atomic E-state index is 0.685. The largest absolute Gasteiger partial charge is 0.377 e. The van der Waals surface area contributed by atoms with Gasteiger partial charge in [-0.25, -0.2) is 0 Å². The molecule has 1 heterocycles. The highest BCUT2D eigenvalue weighted by molar-refractivity contribution is 5.50. The lowest BCUT2D eigenvalue weighted by molar-refractivity contribution is 0.552. The van der Waals surface area contributed by atoms with Crippen LogP contribution in [0.3, 0.4) is 0 Å². The van der Waals surface area contributed by atoms with Crippen LogP contribution in [-0.4, -0.2) is 25.6 Å². The molecule has 1 rings (SSSR count). The molecule has 1 aromatic rings. The number of hydrogen-bond acceptors (Lipinski definition) is 3. The molecule has 1 N–H and O–H groups in total. The van der Waals surface area contributed by atoms with Crippen LogP contribution < -0.4 is 10.2 Å². The summed E-state index contributed by atoms with van der Waals surface area (Å²) in [6, 6.07) is 2.05. The van der Waals surface area contributed by atoms with Crippen molar-refractivity contribution in [2.75, 3.05) is 25.5 Å². The van der Waals surface area contributed by atoms with Gasteiger partial charge in [-0.2, -0.15) is 0 Å². The lowest BCUT2D eigenvalue weighted by atomic mass is 10.2. The molecular formula is C12H21N3. The van der Waals surface area contributed by atoms with Crippen LogP contribution in [0.15, 0.2) is 18.5 Å². The van der Waals surface area contributed by atoms with Crippen molar-refractivity contribution in [3.05, 3.63) is 24.0 Å². The Morgan fingerprint density at radius 2 is 2.13 bits per heavy atom. The highest BCUT2D eigenvalue weighted by atomic mass is 15.1. The van der Waals surface area contributed by atoms with Gasteiger partial charge in [0.05, 0.1) is 0 Å². The second-order valence-corrected chi connectivity index (χ2v) is 4.42. The Morgan fingerprint density at radius 1 is 1.40 bits per heavy atom. The van der Waals surface area contributed by atoms with Crippen molar-refractivity contribution >= 4 is 5.69 Å². The first-order chi connectivity index (χ1) is 7.11. The van der Waals surface area contributed by atoms with E-state index in [0.29, 0.717) is 5.92 Å². The summed E-state index contributed by atoms with van der Waals surface area (Å²) in [7, 11) is 4.11. The predicted molar refractivity (Wildman–Crippen MR) is 65.1 cm³/mol. The van der Waals surface area contributed by atoms with Gasteiger partial charge in [0.2, 0.25) is 0 Å². The maximum atomic E-state index is 4.16. The van der Waals surface area contributed by atoms with Crippen molar-refractivity contribution in [2.24, 2.45) is 5.92 Å². The molecule has 0 aliphatic rings. The van der Waals surface area contributed by atoms with Gasteiger partial charge in [0.15, 0.2) is 0 Å². The van der Waals surface area contributed by atoms with E-state index in [2.05, 4.69) is 43.1 Å². The molecule has 0 spiro atoms. The van der Waals surface area contributed by atoms with Gasteiger partial charge in [-0.3, -0.25) is 4.98 Å². The molecule has 0 atom stereocenters. The van der Waals surface area contributed by atoms with Crippen molar-refractivity contribution in [3.8, 4) is 0 Å². The number of pyridine rings is 1. The molecular weight excluding hydrogens is 186 g/mol. The summed E-state index contributed by atoms with van der Waals surface area (Å²) in [4.78, 5) is 6.28. The second kappa shape index (κ2) is 5.71. The topological polar surface area (TPSA) is 28.2 Å². The van der Waals surface area contributed by atoms with Gasteiger partial charge in [-0.05, 0) is 18.5 Å². The maximum absolute atomic E-state index is 4.16. The average Bonchev–Trinajstić information content (AvgIpc) is 2.17. The van der Waals surface area contributed by atoms with Crippen LogP contribution in [-0.2, 0) is 6.54 Å². The molecule has 3 nitrogen and oxygen atoms in total.